The molecule has 39 heavy (non-hydrogen) atoms. The van der Waals surface area contributed by atoms with Crippen LogP contribution in [0.15, 0.2) is 60.9 Å². The van der Waals surface area contributed by atoms with Crippen molar-refractivity contribution in [2.45, 2.75) is 44.0 Å². The third kappa shape index (κ3) is 4.66. The van der Waals surface area contributed by atoms with E-state index in [-0.39, 0.29) is 23.2 Å². The van der Waals surface area contributed by atoms with Gasteiger partial charge in [-0.15, -0.1) is 0 Å². The molecular formula is C29H23F3N6O. The van der Waals surface area contributed by atoms with Crippen LogP contribution in [0.1, 0.15) is 36.9 Å². The second-order valence-electron chi connectivity index (χ2n) is 9.78. The summed E-state index contributed by atoms with van der Waals surface area (Å²) in [5.74, 6) is 0. The van der Waals surface area contributed by atoms with Crippen LogP contribution >= 0.6 is 0 Å². The number of aliphatic hydroxyl groups excluding tert-OH is 1. The number of para-hydroxylation sites is 1. The lowest BCUT2D eigenvalue weighted by atomic mass is 9.91. The van der Waals surface area contributed by atoms with Gasteiger partial charge in [0.25, 0.3) is 0 Å². The molecule has 196 valence electrons. The quantitative estimate of drug-likeness (QED) is 0.247. The van der Waals surface area contributed by atoms with Crippen molar-refractivity contribution < 1.29 is 18.3 Å². The lowest BCUT2D eigenvalue weighted by Crippen LogP contribution is -2.28. The number of H-pyrrole nitrogens is 1. The summed E-state index contributed by atoms with van der Waals surface area (Å²) in [4.78, 5) is 8.76. The van der Waals surface area contributed by atoms with E-state index >= 15 is 0 Å². The summed E-state index contributed by atoms with van der Waals surface area (Å²) in [6.07, 6.45) is 0.901. The van der Waals surface area contributed by atoms with Crippen molar-refractivity contribution in [2.24, 2.45) is 0 Å². The lowest BCUT2D eigenvalue weighted by Gasteiger charge is -2.27. The first-order valence-corrected chi connectivity index (χ1v) is 12.6. The molecule has 7 nitrogen and oxygen atoms in total. The van der Waals surface area contributed by atoms with Crippen LogP contribution < -0.4 is 5.32 Å². The molecule has 3 heterocycles. The predicted molar refractivity (Wildman–Crippen MR) is 142 cm³/mol. The summed E-state index contributed by atoms with van der Waals surface area (Å²) < 4.78 is 42.3. The fourth-order valence-corrected chi connectivity index (χ4v) is 5.29. The molecule has 0 amide bonds. The number of benzene rings is 2. The number of hydrogen-bond acceptors (Lipinski definition) is 6. The van der Waals surface area contributed by atoms with Crippen LogP contribution in [0.2, 0.25) is 0 Å². The maximum absolute atomic E-state index is 14.1. The average molecular weight is 529 g/mol. The Kier molecular flexibility index (Phi) is 6.16. The van der Waals surface area contributed by atoms with Crippen molar-refractivity contribution in [3.05, 3.63) is 72.2 Å². The van der Waals surface area contributed by atoms with Crippen molar-refractivity contribution in [1.29, 1.82) is 5.26 Å². The van der Waals surface area contributed by atoms with Crippen LogP contribution in [-0.2, 0) is 6.18 Å². The van der Waals surface area contributed by atoms with Gasteiger partial charge < -0.3 is 10.4 Å². The summed E-state index contributed by atoms with van der Waals surface area (Å²) in [6, 6.07) is 16.6. The van der Waals surface area contributed by atoms with E-state index < -0.39 is 11.9 Å². The summed E-state index contributed by atoms with van der Waals surface area (Å²) in [5.41, 5.74) is 2.54. The molecule has 1 aliphatic carbocycles. The lowest BCUT2D eigenvalue weighted by molar-refractivity contribution is -0.139. The molecule has 1 fully saturated rings. The Morgan fingerprint density at radius 2 is 1.77 bits per heavy atom. The molecule has 10 heteroatoms. The topological polar surface area (TPSA) is 111 Å². The van der Waals surface area contributed by atoms with Gasteiger partial charge in [-0.05, 0) is 55.5 Å². The fraction of sp³-hybridized carbons (Fsp3) is 0.241. The van der Waals surface area contributed by atoms with Crippen molar-refractivity contribution in [3.8, 4) is 28.3 Å². The smallest absolute Gasteiger partial charge is 0.393 e. The molecule has 1 aliphatic rings. The second-order valence-corrected chi connectivity index (χ2v) is 9.78. The van der Waals surface area contributed by atoms with Gasteiger partial charge >= 0.3 is 6.18 Å². The number of aromatic nitrogens is 4. The Balaban J connectivity index is 1.56. The van der Waals surface area contributed by atoms with Crippen LogP contribution in [-0.4, -0.2) is 37.4 Å². The first-order chi connectivity index (χ1) is 18.8. The van der Waals surface area contributed by atoms with Crippen molar-refractivity contribution in [2.75, 3.05) is 5.32 Å². The van der Waals surface area contributed by atoms with Gasteiger partial charge in [0.2, 0.25) is 0 Å². The minimum Gasteiger partial charge on any atom is -0.393 e. The van der Waals surface area contributed by atoms with E-state index in [0.717, 1.165) is 23.7 Å². The number of pyridine rings is 2. The molecule has 3 N–H and O–H groups in total. The molecule has 5 aromatic rings. The molecule has 0 spiro atoms. The largest absolute Gasteiger partial charge is 0.433 e. The van der Waals surface area contributed by atoms with Crippen LogP contribution in [0, 0.1) is 11.3 Å². The minimum absolute atomic E-state index is 0.0537. The van der Waals surface area contributed by atoms with Gasteiger partial charge in [-0.3, -0.25) is 10.1 Å². The van der Waals surface area contributed by atoms with Crippen molar-refractivity contribution in [3.63, 3.8) is 0 Å². The van der Waals surface area contributed by atoms with Gasteiger partial charge in [-0.2, -0.15) is 23.5 Å². The van der Waals surface area contributed by atoms with Crippen LogP contribution in [0.5, 0.6) is 0 Å². The summed E-state index contributed by atoms with van der Waals surface area (Å²) in [5, 5.41) is 29.6. The van der Waals surface area contributed by atoms with Gasteiger partial charge in [0.1, 0.15) is 11.8 Å². The number of hydrogen-bond donors (Lipinski definition) is 3. The third-order valence-corrected chi connectivity index (χ3v) is 7.25. The van der Waals surface area contributed by atoms with E-state index in [4.69, 9.17) is 0 Å². The highest BCUT2D eigenvalue weighted by Crippen LogP contribution is 2.43. The summed E-state index contributed by atoms with van der Waals surface area (Å²) in [7, 11) is 0. The highest BCUT2D eigenvalue weighted by molar-refractivity contribution is 6.04. The van der Waals surface area contributed by atoms with E-state index in [0.29, 0.717) is 46.3 Å². The number of nitrogens with zero attached hydrogens (tertiary/aromatic N) is 4. The molecule has 6 rings (SSSR count). The van der Waals surface area contributed by atoms with Crippen molar-refractivity contribution in [1.82, 2.24) is 20.2 Å². The molecular weight excluding hydrogens is 505 g/mol. The van der Waals surface area contributed by atoms with Crippen molar-refractivity contribution >= 4 is 27.6 Å². The van der Waals surface area contributed by atoms with E-state index in [1.165, 1.54) is 6.20 Å². The normalized spacial score (nSPS) is 17.8. The average Bonchev–Trinajstić information content (AvgIpc) is 3.39. The Hall–Kier alpha value is -4.49. The Bertz CT molecular complexity index is 1730. The molecule has 0 atom stereocenters. The van der Waals surface area contributed by atoms with Gasteiger partial charge in [-0.25, -0.2) is 4.98 Å². The Labute approximate surface area is 221 Å². The maximum Gasteiger partial charge on any atom is 0.433 e. The summed E-state index contributed by atoms with van der Waals surface area (Å²) in [6.45, 7) is 0. The molecule has 0 unspecified atom stereocenters. The van der Waals surface area contributed by atoms with E-state index in [1.807, 2.05) is 30.3 Å². The standard InChI is InChI=1S/C29H23F3N6O/c30-29(31,32)27-26-25(19-11-17-3-1-2-4-23(17)34-14-19)22(15-35-28(26)38-37-27)16-5-6-18(13-33)24(12-16)36-20-7-9-21(39)10-8-20/h1-6,11-12,14-15,20-21,36,39H,7-10H2,(H,35,37,38). The van der Waals surface area contributed by atoms with Gasteiger partial charge in [0, 0.05) is 40.5 Å². The second kappa shape index (κ2) is 9.67. The first-order valence-electron chi connectivity index (χ1n) is 12.6. The number of halogens is 3. The molecule has 2 aromatic carbocycles. The molecule has 1 saturated carbocycles. The zero-order valence-electron chi connectivity index (χ0n) is 20.6. The number of alkyl halides is 3. The molecule has 0 bridgehead atoms. The molecule has 0 saturated heterocycles. The Morgan fingerprint density at radius 3 is 2.54 bits per heavy atom. The number of aromatic amines is 1. The maximum atomic E-state index is 14.1. The van der Waals surface area contributed by atoms with Crippen LogP contribution in [0.25, 0.3) is 44.2 Å². The SMILES string of the molecule is N#Cc1ccc(-c2cnc3n[nH]c(C(F)(F)F)c3c2-c2cnc3ccccc3c2)cc1NC1CCC(O)CC1. The van der Waals surface area contributed by atoms with Crippen LogP contribution in [0.3, 0.4) is 0 Å². The molecule has 0 radical (unpaired) electrons. The number of nitriles is 1. The number of nitrogens with one attached hydrogen (secondary N) is 2. The molecule has 0 aliphatic heterocycles. The minimum atomic E-state index is -4.68. The van der Waals surface area contributed by atoms with E-state index in [1.54, 1.807) is 24.4 Å². The molecule has 3 aromatic heterocycles. The first kappa shape index (κ1) is 24.8. The van der Waals surface area contributed by atoms with E-state index in [2.05, 4.69) is 31.6 Å². The van der Waals surface area contributed by atoms with Crippen LogP contribution in [0.4, 0.5) is 18.9 Å². The number of anilines is 1. The summed E-state index contributed by atoms with van der Waals surface area (Å²) >= 11 is 0. The highest BCUT2D eigenvalue weighted by atomic mass is 19.4. The number of rotatable bonds is 4. The van der Waals surface area contributed by atoms with Gasteiger partial charge in [-0.1, -0.05) is 24.3 Å². The Morgan fingerprint density at radius 1 is 0.974 bits per heavy atom. The zero-order valence-corrected chi connectivity index (χ0v) is 20.6. The van der Waals surface area contributed by atoms with Gasteiger partial charge in [0.15, 0.2) is 5.65 Å². The highest BCUT2D eigenvalue weighted by Gasteiger charge is 2.37. The third-order valence-electron chi connectivity index (χ3n) is 7.25. The number of aliphatic hydroxyl groups is 1. The number of fused-ring (bicyclic) bond motifs is 2. The fourth-order valence-electron chi connectivity index (χ4n) is 5.29. The predicted octanol–water partition coefficient (Wildman–Crippen LogP) is 6.45. The van der Waals surface area contributed by atoms with E-state index in [9.17, 15) is 23.5 Å². The zero-order chi connectivity index (χ0) is 27.1. The monoisotopic (exact) mass is 528 g/mol. The van der Waals surface area contributed by atoms with Gasteiger partial charge in [0.05, 0.1) is 28.3 Å².